The van der Waals surface area contributed by atoms with Crippen LogP contribution in [0, 0.1) is 0 Å². The molecule has 1 aliphatic heterocycles. The summed E-state index contributed by atoms with van der Waals surface area (Å²) in [6, 6.07) is 10.0. The molecule has 0 saturated heterocycles. The molecule has 0 spiro atoms. The number of allylic oxidation sites excluding steroid dienone is 1. The predicted molar refractivity (Wildman–Crippen MR) is 119 cm³/mol. The maximum atomic E-state index is 13.7. The van der Waals surface area contributed by atoms with E-state index in [0.717, 1.165) is 51.8 Å². The molecular weight excluding hydrogens is 402 g/mol. The average molecular weight is 426 g/mol. The van der Waals surface area contributed by atoms with Crippen LogP contribution >= 0.6 is 23.1 Å². The highest BCUT2D eigenvalue weighted by Gasteiger charge is 2.25. The molecule has 0 amide bonds. The zero-order valence-electron chi connectivity index (χ0n) is 16.5. The van der Waals surface area contributed by atoms with Crippen LogP contribution in [0.4, 0.5) is 0 Å². The standard InChI is InChI=1S/C22H23N3O2S2/c1-13-17(14(2)27-24-13)12-28-22-23-20-19(16-10-6-7-11-18(16)29-20)21(26)25(22)15-8-4-3-5-9-15/h3-5,8-9,13,24H,6-7,10-12H2,1-2H3. The molecule has 1 aromatic carbocycles. The van der Waals surface area contributed by atoms with Crippen LogP contribution in [0.25, 0.3) is 15.9 Å². The molecule has 29 heavy (non-hydrogen) atoms. The van der Waals surface area contributed by atoms with Gasteiger partial charge in [0.2, 0.25) is 0 Å². The number of thioether (sulfide) groups is 1. The van der Waals surface area contributed by atoms with E-state index >= 15 is 0 Å². The van der Waals surface area contributed by atoms with Gasteiger partial charge in [0.05, 0.1) is 17.1 Å². The molecule has 150 valence electrons. The van der Waals surface area contributed by atoms with Crippen molar-refractivity contribution in [1.29, 1.82) is 0 Å². The van der Waals surface area contributed by atoms with E-state index in [9.17, 15) is 4.79 Å². The number of nitrogens with zero attached hydrogens (tertiary/aromatic N) is 2. The van der Waals surface area contributed by atoms with Crippen molar-refractivity contribution in [2.45, 2.75) is 50.7 Å². The van der Waals surface area contributed by atoms with Crippen molar-refractivity contribution in [3.05, 3.63) is 62.5 Å². The first-order valence-electron chi connectivity index (χ1n) is 10.0. The van der Waals surface area contributed by atoms with E-state index in [-0.39, 0.29) is 11.6 Å². The molecule has 3 aromatic rings. The number of hydrogen-bond acceptors (Lipinski definition) is 6. The first-order valence-corrected chi connectivity index (χ1v) is 11.8. The molecule has 7 heteroatoms. The van der Waals surface area contributed by atoms with Crippen molar-refractivity contribution in [2.75, 3.05) is 5.75 Å². The van der Waals surface area contributed by atoms with Gasteiger partial charge >= 0.3 is 0 Å². The number of aromatic nitrogens is 2. The lowest BCUT2D eigenvalue weighted by molar-refractivity contribution is 0.121. The number of fused-ring (bicyclic) bond motifs is 3. The monoisotopic (exact) mass is 425 g/mol. The molecular formula is C22H23N3O2S2. The Morgan fingerprint density at radius 3 is 2.83 bits per heavy atom. The quantitative estimate of drug-likeness (QED) is 0.488. The Bertz CT molecular complexity index is 1160. The van der Waals surface area contributed by atoms with Crippen LogP contribution in [0.3, 0.4) is 0 Å². The van der Waals surface area contributed by atoms with Crippen molar-refractivity contribution in [2.24, 2.45) is 0 Å². The van der Waals surface area contributed by atoms with Crippen LogP contribution in [-0.4, -0.2) is 21.3 Å². The van der Waals surface area contributed by atoms with Crippen molar-refractivity contribution in [1.82, 2.24) is 15.0 Å². The third-order valence-corrected chi connectivity index (χ3v) is 7.87. The molecule has 1 atom stereocenters. The van der Waals surface area contributed by atoms with Gasteiger partial charge in [-0.05, 0) is 57.2 Å². The van der Waals surface area contributed by atoms with Crippen LogP contribution in [0.1, 0.15) is 37.1 Å². The topological polar surface area (TPSA) is 56.2 Å². The lowest BCUT2D eigenvalue weighted by Crippen LogP contribution is -2.23. The number of para-hydroxylation sites is 1. The number of benzene rings is 1. The third kappa shape index (κ3) is 3.31. The van der Waals surface area contributed by atoms with Gasteiger partial charge in [0, 0.05) is 16.2 Å². The van der Waals surface area contributed by atoms with Crippen molar-refractivity contribution < 1.29 is 4.84 Å². The first kappa shape index (κ1) is 18.9. The fourth-order valence-corrected chi connectivity index (χ4v) is 6.60. The second-order valence-electron chi connectivity index (χ2n) is 7.57. The number of nitrogens with one attached hydrogen (secondary N) is 1. The minimum absolute atomic E-state index is 0.0580. The van der Waals surface area contributed by atoms with E-state index < -0.39 is 0 Å². The van der Waals surface area contributed by atoms with Crippen LogP contribution in [0.5, 0.6) is 0 Å². The summed E-state index contributed by atoms with van der Waals surface area (Å²) in [6.45, 7) is 4.06. The molecule has 0 radical (unpaired) electrons. The molecule has 1 unspecified atom stereocenters. The highest BCUT2D eigenvalue weighted by molar-refractivity contribution is 7.99. The highest BCUT2D eigenvalue weighted by atomic mass is 32.2. The van der Waals surface area contributed by atoms with Gasteiger partial charge in [0.15, 0.2) is 5.16 Å². The molecule has 1 N–H and O–H groups in total. The first-order chi connectivity index (χ1) is 14.1. The lowest BCUT2D eigenvalue weighted by atomic mass is 9.97. The average Bonchev–Trinajstić information content (AvgIpc) is 3.26. The molecule has 5 rings (SSSR count). The Labute approximate surface area is 177 Å². The SMILES string of the molecule is CC1=C(CSc2nc3sc4c(c3c(=O)n2-c2ccccc2)CCCC4)C(C)NO1. The number of hydrogen-bond donors (Lipinski definition) is 1. The Kier molecular flexibility index (Phi) is 4.97. The Morgan fingerprint density at radius 2 is 2.07 bits per heavy atom. The Morgan fingerprint density at radius 1 is 1.28 bits per heavy atom. The van der Waals surface area contributed by atoms with Gasteiger partial charge in [-0.3, -0.25) is 9.36 Å². The summed E-state index contributed by atoms with van der Waals surface area (Å²) in [5.41, 5.74) is 6.36. The molecule has 2 aromatic heterocycles. The fourth-order valence-electron chi connectivity index (χ4n) is 4.08. The molecule has 2 aliphatic rings. The normalized spacial score (nSPS) is 18.9. The zero-order chi connectivity index (χ0) is 20.0. The number of aryl methyl sites for hydroxylation is 2. The van der Waals surface area contributed by atoms with Crippen LogP contribution in [0.2, 0.25) is 0 Å². The summed E-state index contributed by atoms with van der Waals surface area (Å²) >= 11 is 3.31. The third-order valence-electron chi connectivity index (χ3n) is 5.69. The Hall–Kier alpha value is -2.09. The van der Waals surface area contributed by atoms with E-state index in [0.29, 0.717) is 0 Å². The van der Waals surface area contributed by atoms with Crippen molar-refractivity contribution in [3.63, 3.8) is 0 Å². The van der Waals surface area contributed by atoms with E-state index in [1.165, 1.54) is 22.4 Å². The summed E-state index contributed by atoms with van der Waals surface area (Å²) in [6.07, 6.45) is 4.40. The number of thiophene rings is 1. The van der Waals surface area contributed by atoms with E-state index in [2.05, 4.69) is 12.4 Å². The van der Waals surface area contributed by atoms with Crippen molar-refractivity contribution in [3.8, 4) is 5.69 Å². The van der Waals surface area contributed by atoms with E-state index in [1.54, 1.807) is 27.7 Å². The highest BCUT2D eigenvalue weighted by Crippen LogP contribution is 2.35. The maximum absolute atomic E-state index is 13.7. The summed E-state index contributed by atoms with van der Waals surface area (Å²) in [7, 11) is 0. The smallest absolute Gasteiger partial charge is 0.267 e. The largest absolute Gasteiger partial charge is 0.413 e. The summed E-state index contributed by atoms with van der Waals surface area (Å²) in [5, 5.41) is 1.57. The fraction of sp³-hybridized carbons (Fsp3) is 0.364. The molecule has 0 fully saturated rings. The van der Waals surface area contributed by atoms with Crippen LogP contribution < -0.4 is 11.0 Å². The van der Waals surface area contributed by atoms with E-state index in [1.807, 2.05) is 37.3 Å². The second-order valence-corrected chi connectivity index (χ2v) is 9.60. The predicted octanol–water partition coefficient (Wildman–Crippen LogP) is 4.62. The molecule has 5 nitrogen and oxygen atoms in total. The number of rotatable bonds is 4. The lowest BCUT2D eigenvalue weighted by Gasteiger charge is -2.14. The molecule has 1 aliphatic carbocycles. The van der Waals surface area contributed by atoms with Crippen LogP contribution in [-0.2, 0) is 17.7 Å². The van der Waals surface area contributed by atoms with Gasteiger partial charge in [-0.15, -0.1) is 11.3 Å². The minimum atomic E-state index is 0.0580. The van der Waals surface area contributed by atoms with Crippen molar-refractivity contribution >= 4 is 33.3 Å². The van der Waals surface area contributed by atoms with Gasteiger partial charge in [0.1, 0.15) is 10.6 Å². The van der Waals surface area contributed by atoms with E-state index in [4.69, 9.17) is 9.82 Å². The molecule has 3 heterocycles. The zero-order valence-corrected chi connectivity index (χ0v) is 18.2. The second kappa shape index (κ2) is 7.63. The van der Waals surface area contributed by atoms with Crippen LogP contribution in [0.15, 0.2) is 51.6 Å². The van der Waals surface area contributed by atoms with Gasteiger partial charge in [-0.2, -0.15) is 5.48 Å². The van der Waals surface area contributed by atoms with Gasteiger partial charge in [0.25, 0.3) is 5.56 Å². The summed E-state index contributed by atoms with van der Waals surface area (Å²) in [5.74, 6) is 1.64. The summed E-state index contributed by atoms with van der Waals surface area (Å²) < 4.78 is 1.79. The van der Waals surface area contributed by atoms with Gasteiger partial charge in [-0.25, -0.2) is 4.98 Å². The molecule has 0 saturated carbocycles. The maximum Gasteiger partial charge on any atom is 0.267 e. The molecule has 0 bridgehead atoms. The minimum Gasteiger partial charge on any atom is -0.413 e. The Balaban J connectivity index is 1.65. The summed E-state index contributed by atoms with van der Waals surface area (Å²) in [4.78, 5) is 26.4. The van der Waals surface area contributed by atoms with Gasteiger partial charge < -0.3 is 4.84 Å². The van der Waals surface area contributed by atoms with Gasteiger partial charge in [-0.1, -0.05) is 30.0 Å². The number of hydroxylamine groups is 1.